The molecule has 1 aliphatic rings. The van der Waals surface area contributed by atoms with Crippen molar-refractivity contribution in [3.63, 3.8) is 0 Å². The van der Waals surface area contributed by atoms with Crippen LogP contribution in [-0.4, -0.2) is 49.5 Å². The number of piperidine rings is 1. The molecular formula is C15H21N5O2. The molecule has 0 spiro atoms. The number of aromatic nitrogens is 4. The molecule has 7 nitrogen and oxygen atoms in total. The third-order valence-electron chi connectivity index (χ3n) is 3.71. The van der Waals surface area contributed by atoms with Crippen molar-refractivity contribution in [3.05, 3.63) is 24.2 Å². The summed E-state index contributed by atoms with van der Waals surface area (Å²) in [6.07, 6.45) is 3.18. The van der Waals surface area contributed by atoms with Crippen LogP contribution in [0.4, 0.5) is 4.79 Å². The van der Waals surface area contributed by atoms with Crippen LogP contribution in [0.25, 0.3) is 5.65 Å². The molecule has 0 N–H and O–H groups in total. The quantitative estimate of drug-likeness (QED) is 0.808. The fraction of sp³-hybridized carbons (Fsp3) is 0.600. The van der Waals surface area contributed by atoms with Crippen LogP contribution in [0.2, 0.25) is 0 Å². The van der Waals surface area contributed by atoms with Gasteiger partial charge in [0.05, 0.1) is 0 Å². The van der Waals surface area contributed by atoms with Gasteiger partial charge in [0, 0.05) is 25.2 Å². The van der Waals surface area contributed by atoms with E-state index in [0.717, 1.165) is 24.3 Å². The number of hydrogen-bond donors (Lipinski definition) is 0. The normalized spacial score (nSPS) is 17.0. The van der Waals surface area contributed by atoms with E-state index in [4.69, 9.17) is 4.74 Å². The molecule has 1 fully saturated rings. The van der Waals surface area contributed by atoms with E-state index in [1.807, 2.05) is 32.9 Å². The molecule has 0 saturated carbocycles. The molecule has 3 heterocycles. The summed E-state index contributed by atoms with van der Waals surface area (Å²) in [6.45, 7) is 6.98. The smallest absolute Gasteiger partial charge is 0.410 e. The summed E-state index contributed by atoms with van der Waals surface area (Å²) in [5.74, 6) is 1.14. The number of rotatable bonds is 1. The Morgan fingerprint density at radius 2 is 2.00 bits per heavy atom. The maximum absolute atomic E-state index is 12.1. The highest BCUT2D eigenvalue weighted by atomic mass is 16.6. The SMILES string of the molecule is CC(C)(C)OC(=O)N1CCC(c2nnc3cccnn23)CC1. The van der Waals surface area contributed by atoms with Gasteiger partial charge in [0.1, 0.15) is 5.60 Å². The van der Waals surface area contributed by atoms with Crippen LogP contribution in [0.3, 0.4) is 0 Å². The second-order valence-electron chi connectivity index (χ2n) is 6.59. The molecule has 2 aromatic rings. The Kier molecular flexibility index (Phi) is 3.72. The second-order valence-corrected chi connectivity index (χ2v) is 6.59. The summed E-state index contributed by atoms with van der Waals surface area (Å²) in [7, 11) is 0. The van der Waals surface area contributed by atoms with Gasteiger partial charge in [-0.2, -0.15) is 9.61 Å². The molecule has 1 saturated heterocycles. The number of nitrogens with zero attached hydrogens (tertiary/aromatic N) is 5. The van der Waals surface area contributed by atoms with E-state index in [0.29, 0.717) is 13.1 Å². The highest BCUT2D eigenvalue weighted by Gasteiger charge is 2.29. The average molecular weight is 303 g/mol. The monoisotopic (exact) mass is 303 g/mol. The lowest BCUT2D eigenvalue weighted by Crippen LogP contribution is -2.41. The fourth-order valence-corrected chi connectivity index (χ4v) is 2.66. The molecule has 0 atom stereocenters. The predicted octanol–water partition coefficient (Wildman–Crippen LogP) is 2.24. The van der Waals surface area contributed by atoms with Crippen molar-refractivity contribution in [1.29, 1.82) is 0 Å². The van der Waals surface area contributed by atoms with Crippen LogP contribution in [0.1, 0.15) is 45.4 Å². The van der Waals surface area contributed by atoms with Crippen LogP contribution >= 0.6 is 0 Å². The molecule has 3 rings (SSSR count). The van der Waals surface area contributed by atoms with Gasteiger partial charge in [-0.1, -0.05) is 0 Å². The van der Waals surface area contributed by atoms with Crippen molar-refractivity contribution in [3.8, 4) is 0 Å². The van der Waals surface area contributed by atoms with Gasteiger partial charge < -0.3 is 9.64 Å². The number of ether oxygens (including phenoxy) is 1. The maximum Gasteiger partial charge on any atom is 0.410 e. The lowest BCUT2D eigenvalue weighted by Gasteiger charge is -2.32. The summed E-state index contributed by atoms with van der Waals surface area (Å²) in [5.41, 5.74) is 0.299. The van der Waals surface area contributed by atoms with E-state index in [9.17, 15) is 4.79 Å². The minimum absolute atomic E-state index is 0.241. The van der Waals surface area contributed by atoms with Crippen molar-refractivity contribution >= 4 is 11.7 Å². The number of likely N-dealkylation sites (tertiary alicyclic amines) is 1. The molecule has 1 amide bonds. The minimum Gasteiger partial charge on any atom is -0.444 e. The van der Waals surface area contributed by atoms with Gasteiger partial charge in [-0.25, -0.2) is 4.79 Å². The zero-order valence-corrected chi connectivity index (χ0v) is 13.2. The highest BCUT2D eigenvalue weighted by Crippen LogP contribution is 2.27. The van der Waals surface area contributed by atoms with Crippen molar-refractivity contribution in [1.82, 2.24) is 24.7 Å². The Hall–Kier alpha value is -2.18. The summed E-state index contributed by atoms with van der Waals surface area (Å²) in [5, 5.41) is 12.7. The summed E-state index contributed by atoms with van der Waals surface area (Å²) in [4.78, 5) is 13.8. The zero-order chi connectivity index (χ0) is 15.7. The Morgan fingerprint density at radius 3 is 2.68 bits per heavy atom. The molecule has 1 aliphatic heterocycles. The number of carbonyl (C=O) groups excluding carboxylic acids is 1. The summed E-state index contributed by atoms with van der Waals surface area (Å²) >= 11 is 0. The first-order chi connectivity index (χ1) is 10.4. The van der Waals surface area contributed by atoms with Gasteiger partial charge in [0.2, 0.25) is 0 Å². The van der Waals surface area contributed by atoms with E-state index in [-0.39, 0.29) is 12.0 Å². The van der Waals surface area contributed by atoms with Gasteiger partial charge >= 0.3 is 6.09 Å². The first-order valence-electron chi connectivity index (χ1n) is 7.58. The number of hydrogen-bond acceptors (Lipinski definition) is 5. The molecule has 2 aromatic heterocycles. The molecular weight excluding hydrogens is 282 g/mol. The molecule has 0 bridgehead atoms. The highest BCUT2D eigenvalue weighted by molar-refractivity contribution is 5.68. The maximum atomic E-state index is 12.1. The van der Waals surface area contributed by atoms with Gasteiger partial charge in [0.15, 0.2) is 11.5 Å². The first kappa shape index (κ1) is 14.7. The molecule has 0 radical (unpaired) electrons. The predicted molar refractivity (Wildman–Crippen MR) is 80.6 cm³/mol. The minimum atomic E-state index is -0.457. The van der Waals surface area contributed by atoms with E-state index >= 15 is 0 Å². The van der Waals surface area contributed by atoms with Crippen LogP contribution in [0, 0.1) is 0 Å². The van der Waals surface area contributed by atoms with E-state index in [1.54, 1.807) is 15.6 Å². The molecule has 0 aliphatic carbocycles. The first-order valence-corrected chi connectivity index (χ1v) is 7.58. The number of amides is 1. The number of fused-ring (bicyclic) bond motifs is 1. The van der Waals surface area contributed by atoms with Gasteiger partial charge in [-0.3, -0.25) is 0 Å². The fourth-order valence-electron chi connectivity index (χ4n) is 2.66. The van der Waals surface area contributed by atoms with Crippen molar-refractivity contribution in [2.24, 2.45) is 0 Å². The standard InChI is InChI=1S/C15H21N5O2/c1-15(2,3)22-14(21)19-9-6-11(7-10-19)13-18-17-12-5-4-8-16-20(12)13/h4-5,8,11H,6-7,9-10H2,1-3H3. The van der Waals surface area contributed by atoms with Crippen molar-refractivity contribution in [2.45, 2.75) is 45.1 Å². The van der Waals surface area contributed by atoms with E-state index < -0.39 is 5.60 Å². The lowest BCUT2D eigenvalue weighted by atomic mass is 9.96. The van der Waals surface area contributed by atoms with Gasteiger partial charge in [0.25, 0.3) is 0 Å². The average Bonchev–Trinajstić information content (AvgIpc) is 2.89. The van der Waals surface area contributed by atoms with Crippen molar-refractivity contribution < 1.29 is 9.53 Å². The number of carbonyl (C=O) groups is 1. The van der Waals surface area contributed by atoms with E-state index in [1.165, 1.54) is 0 Å². The Balaban J connectivity index is 1.66. The third-order valence-corrected chi connectivity index (χ3v) is 3.71. The largest absolute Gasteiger partial charge is 0.444 e. The van der Waals surface area contributed by atoms with Crippen LogP contribution in [0.5, 0.6) is 0 Å². The van der Waals surface area contributed by atoms with E-state index in [2.05, 4.69) is 15.3 Å². The molecule has 22 heavy (non-hydrogen) atoms. The lowest BCUT2D eigenvalue weighted by molar-refractivity contribution is 0.0203. The Morgan fingerprint density at radius 1 is 1.27 bits per heavy atom. The third kappa shape index (κ3) is 3.03. The summed E-state index contributed by atoms with van der Waals surface area (Å²) < 4.78 is 7.20. The Labute approximate surface area is 129 Å². The van der Waals surface area contributed by atoms with Crippen LogP contribution < -0.4 is 0 Å². The molecule has 118 valence electrons. The zero-order valence-electron chi connectivity index (χ0n) is 13.2. The van der Waals surface area contributed by atoms with Crippen LogP contribution in [-0.2, 0) is 4.74 Å². The van der Waals surface area contributed by atoms with Crippen LogP contribution in [0.15, 0.2) is 18.3 Å². The van der Waals surface area contributed by atoms with Crippen molar-refractivity contribution in [2.75, 3.05) is 13.1 Å². The molecule has 0 aromatic carbocycles. The summed E-state index contributed by atoms with van der Waals surface area (Å²) in [6, 6.07) is 3.73. The Bertz CT molecular complexity index is 668. The topological polar surface area (TPSA) is 72.6 Å². The van der Waals surface area contributed by atoms with Gasteiger partial charge in [-0.05, 0) is 45.7 Å². The molecule has 0 unspecified atom stereocenters. The second kappa shape index (κ2) is 5.55. The molecule has 7 heteroatoms. The van der Waals surface area contributed by atoms with Gasteiger partial charge in [-0.15, -0.1) is 10.2 Å².